The Hall–Kier alpha value is -3.32. The van der Waals surface area contributed by atoms with E-state index in [1.165, 1.54) is 0 Å². The molecule has 1 unspecified atom stereocenters. The predicted molar refractivity (Wildman–Crippen MR) is 141 cm³/mol. The molecule has 2 N–H and O–H groups in total. The van der Waals surface area contributed by atoms with Gasteiger partial charge in [0.05, 0.1) is 12.5 Å². The number of thiophene rings is 1. The molecule has 7 heteroatoms. The zero-order valence-corrected chi connectivity index (χ0v) is 21.4. The van der Waals surface area contributed by atoms with Gasteiger partial charge in [-0.1, -0.05) is 36.4 Å². The van der Waals surface area contributed by atoms with Gasteiger partial charge in [0.1, 0.15) is 0 Å². The maximum atomic E-state index is 13.5. The summed E-state index contributed by atoms with van der Waals surface area (Å²) >= 11 is 1.59. The molecule has 3 rings (SSSR count). The molecular weight excluding hydrogens is 444 g/mol. The Morgan fingerprint density at radius 2 is 1.71 bits per heavy atom. The molecule has 0 saturated carbocycles. The van der Waals surface area contributed by atoms with Crippen molar-refractivity contribution in [1.82, 2.24) is 10.2 Å². The van der Waals surface area contributed by atoms with E-state index < -0.39 is 0 Å². The number of hydrogen-bond acceptors (Lipinski definition) is 4. The number of anilines is 2. The molecule has 0 aliphatic heterocycles. The second-order valence-electron chi connectivity index (χ2n) is 8.86. The average molecular weight is 479 g/mol. The largest absolute Gasteiger partial charge is 0.377 e. The van der Waals surface area contributed by atoms with E-state index in [1.807, 2.05) is 91.7 Å². The molecule has 3 aromatic rings. The Kier molecular flexibility index (Phi) is 8.71. The highest BCUT2D eigenvalue weighted by molar-refractivity contribution is 7.10. The second-order valence-corrected chi connectivity index (χ2v) is 9.89. The van der Waals surface area contributed by atoms with Gasteiger partial charge >= 0.3 is 6.03 Å². The standard InChI is InChI=1S/C27H34N4O2S/c1-19(2)28-27(33)29-23-13-14-25(30(4)5)22(16-23)18-31(20(3)21-10-7-6-8-11-21)26(32)17-24-12-9-15-34-24/h6-16,19-20H,17-18H2,1-5H3,(H2,28,29,33). The van der Waals surface area contributed by atoms with Crippen LogP contribution in [-0.2, 0) is 17.8 Å². The van der Waals surface area contributed by atoms with E-state index in [4.69, 9.17) is 0 Å². The molecule has 0 fully saturated rings. The lowest BCUT2D eigenvalue weighted by molar-refractivity contribution is -0.133. The molecule has 1 atom stereocenters. The fourth-order valence-corrected chi connectivity index (χ4v) is 4.55. The molecule has 0 saturated heterocycles. The Bertz CT molecular complexity index is 1080. The zero-order valence-electron chi connectivity index (χ0n) is 20.5. The summed E-state index contributed by atoms with van der Waals surface area (Å²) in [5.74, 6) is 0.0689. The van der Waals surface area contributed by atoms with E-state index in [0.29, 0.717) is 18.7 Å². The smallest absolute Gasteiger partial charge is 0.319 e. The molecule has 0 aliphatic carbocycles. The molecule has 34 heavy (non-hydrogen) atoms. The molecule has 1 heterocycles. The van der Waals surface area contributed by atoms with Gasteiger partial charge in [-0.05, 0) is 61.5 Å². The molecule has 2 aromatic carbocycles. The summed E-state index contributed by atoms with van der Waals surface area (Å²) < 4.78 is 0. The van der Waals surface area contributed by atoms with Gasteiger partial charge in [0, 0.05) is 42.9 Å². The zero-order chi connectivity index (χ0) is 24.7. The van der Waals surface area contributed by atoms with E-state index in [1.54, 1.807) is 11.3 Å². The van der Waals surface area contributed by atoms with Crippen molar-refractivity contribution in [2.24, 2.45) is 0 Å². The number of carbonyl (C=O) groups excluding carboxylic acids is 2. The SMILES string of the molecule is CC(C)NC(=O)Nc1ccc(N(C)C)c(CN(C(=O)Cc2cccs2)C(C)c2ccccc2)c1. The molecular formula is C27H34N4O2S. The summed E-state index contributed by atoms with van der Waals surface area (Å²) in [6.07, 6.45) is 0.362. The van der Waals surface area contributed by atoms with Gasteiger partial charge < -0.3 is 20.4 Å². The van der Waals surface area contributed by atoms with Crippen molar-refractivity contribution < 1.29 is 9.59 Å². The third-order valence-electron chi connectivity index (χ3n) is 5.56. The van der Waals surface area contributed by atoms with Crippen molar-refractivity contribution in [1.29, 1.82) is 0 Å². The van der Waals surface area contributed by atoms with Crippen LogP contribution in [0.1, 0.15) is 42.8 Å². The van der Waals surface area contributed by atoms with Crippen molar-refractivity contribution in [3.63, 3.8) is 0 Å². The van der Waals surface area contributed by atoms with Crippen LogP contribution in [0, 0.1) is 0 Å². The first-order valence-corrected chi connectivity index (χ1v) is 12.4. The van der Waals surface area contributed by atoms with Crippen LogP contribution in [0.2, 0.25) is 0 Å². The first kappa shape index (κ1) is 25.3. The van der Waals surface area contributed by atoms with E-state index in [0.717, 1.165) is 21.7 Å². The van der Waals surface area contributed by atoms with Crippen LogP contribution in [0.15, 0.2) is 66.0 Å². The van der Waals surface area contributed by atoms with Crippen LogP contribution >= 0.6 is 11.3 Å². The second kappa shape index (κ2) is 11.7. The van der Waals surface area contributed by atoms with Crippen molar-refractivity contribution in [2.75, 3.05) is 24.3 Å². The summed E-state index contributed by atoms with van der Waals surface area (Å²) in [5.41, 5.74) is 3.74. The van der Waals surface area contributed by atoms with Crippen molar-refractivity contribution in [2.45, 2.75) is 45.8 Å². The molecule has 0 aliphatic rings. The minimum absolute atomic E-state index is 0.0394. The number of urea groups is 1. The van der Waals surface area contributed by atoms with E-state index >= 15 is 0 Å². The highest BCUT2D eigenvalue weighted by Gasteiger charge is 2.24. The summed E-state index contributed by atoms with van der Waals surface area (Å²) in [7, 11) is 3.96. The predicted octanol–water partition coefficient (Wildman–Crippen LogP) is 5.68. The lowest BCUT2D eigenvalue weighted by Crippen LogP contribution is -2.35. The minimum atomic E-state index is -0.248. The molecule has 0 bridgehead atoms. The van der Waals surface area contributed by atoms with E-state index in [-0.39, 0.29) is 24.0 Å². The summed E-state index contributed by atoms with van der Waals surface area (Å²) in [4.78, 5) is 30.8. The average Bonchev–Trinajstić information content (AvgIpc) is 3.30. The number of amides is 3. The van der Waals surface area contributed by atoms with Gasteiger partial charge in [0.25, 0.3) is 0 Å². The quantitative estimate of drug-likeness (QED) is 0.416. The van der Waals surface area contributed by atoms with Gasteiger partial charge in [-0.3, -0.25) is 4.79 Å². The van der Waals surface area contributed by atoms with Crippen LogP contribution in [-0.4, -0.2) is 37.0 Å². The molecule has 6 nitrogen and oxygen atoms in total. The molecule has 0 radical (unpaired) electrons. The Morgan fingerprint density at radius 1 is 0.971 bits per heavy atom. The lowest BCUT2D eigenvalue weighted by Gasteiger charge is -2.31. The van der Waals surface area contributed by atoms with Crippen molar-refractivity contribution in [3.05, 3.63) is 82.0 Å². The molecule has 3 amide bonds. The van der Waals surface area contributed by atoms with Gasteiger partial charge in [-0.25, -0.2) is 4.79 Å². The normalized spacial score (nSPS) is 11.7. The number of hydrogen-bond donors (Lipinski definition) is 2. The maximum absolute atomic E-state index is 13.5. The summed E-state index contributed by atoms with van der Waals surface area (Å²) in [6, 6.07) is 19.6. The number of carbonyl (C=O) groups is 2. The van der Waals surface area contributed by atoms with E-state index in [9.17, 15) is 9.59 Å². The van der Waals surface area contributed by atoms with Gasteiger partial charge in [0.2, 0.25) is 5.91 Å². The maximum Gasteiger partial charge on any atom is 0.319 e. The Morgan fingerprint density at radius 3 is 2.32 bits per heavy atom. The topological polar surface area (TPSA) is 64.7 Å². The number of nitrogens with one attached hydrogen (secondary N) is 2. The summed E-state index contributed by atoms with van der Waals surface area (Å²) in [6.45, 7) is 6.33. The highest BCUT2D eigenvalue weighted by atomic mass is 32.1. The van der Waals surface area contributed by atoms with Gasteiger partial charge in [-0.2, -0.15) is 0 Å². The monoisotopic (exact) mass is 478 g/mol. The van der Waals surface area contributed by atoms with Crippen LogP contribution < -0.4 is 15.5 Å². The van der Waals surface area contributed by atoms with Crippen LogP contribution in [0.3, 0.4) is 0 Å². The van der Waals surface area contributed by atoms with Crippen molar-refractivity contribution in [3.8, 4) is 0 Å². The fraction of sp³-hybridized carbons (Fsp3) is 0.333. The summed E-state index contributed by atoms with van der Waals surface area (Å²) in [5, 5.41) is 7.75. The Labute approximate surface area is 206 Å². The highest BCUT2D eigenvalue weighted by Crippen LogP contribution is 2.29. The van der Waals surface area contributed by atoms with Crippen LogP contribution in [0.25, 0.3) is 0 Å². The number of benzene rings is 2. The third kappa shape index (κ3) is 6.84. The first-order chi connectivity index (χ1) is 16.2. The van der Waals surface area contributed by atoms with Gasteiger partial charge in [-0.15, -0.1) is 11.3 Å². The van der Waals surface area contributed by atoms with Crippen LogP contribution in [0.4, 0.5) is 16.2 Å². The molecule has 180 valence electrons. The first-order valence-electron chi connectivity index (χ1n) is 11.5. The van der Waals surface area contributed by atoms with Crippen LogP contribution in [0.5, 0.6) is 0 Å². The minimum Gasteiger partial charge on any atom is -0.377 e. The number of rotatable bonds is 9. The van der Waals surface area contributed by atoms with Gasteiger partial charge in [0.15, 0.2) is 0 Å². The molecule has 1 aromatic heterocycles. The molecule has 0 spiro atoms. The van der Waals surface area contributed by atoms with E-state index in [2.05, 4.69) is 29.7 Å². The fourth-order valence-electron chi connectivity index (χ4n) is 3.86. The number of nitrogens with zero attached hydrogens (tertiary/aromatic N) is 2. The van der Waals surface area contributed by atoms with Crippen molar-refractivity contribution >= 4 is 34.6 Å². The third-order valence-corrected chi connectivity index (χ3v) is 6.43. The lowest BCUT2D eigenvalue weighted by atomic mass is 10.0. The Balaban J connectivity index is 1.93.